The number of rotatable bonds is 6. The fraction of sp³-hybridized carbons (Fsp3) is 0.448. The summed E-state index contributed by atoms with van der Waals surface area (Å²) in [6.45, 7) is 10.7. The van der Waals surface area contributed by atoms with Crippen LogP contribution in [0.15, 0.2) is 58.9 Å². The van der Waals surface area contributed by atoms with E-state index in [0.717, 1.165) is 41.0 Å². The molecule has 0 saturated heterocycles. The smallest absolute Gasteiger partial charge is 0.232 e. The molecule has 2 aromatic carbocycles. The highest BCUT2D eigenvalue weighted by molar-refractivity contribution is 7.85. The van der Waals surface area contributed by atoms with E-state index in [4.69, 9.17) is 10.7 Å². The van der Waals surface area contributed by atoms with Crippen molar-refractivity contribution in [1.82, 2.24) is 10.2 Å². The van der Waals surface area contributed by atoms with E-state index in [1.807, 2.05) is 18.2 Å². The van der Waals surface area contributed by atoms with Gasteiger partial charge in [-0.05, 0) is 66.0 Å². The molecule has 0 aromatic heterocycles. The fourth-order valence-corrected chi connectivity index (χ4v) is 7.40. The molecule has 7 heteroatoms. The maximum absolute atomic E-state index is 13.4. The topological polar surface area (TPSA) is 87.8 Å². The predicted molar refractivity (Wildman–Crippen MR) is 146 cm³/mol. The molecular weight excluding hydrogens is 468 g/mol. The Morgan fingerprint density at radius 3 is 2.69 bits per heavy atom. The molecule has 0 bridgehead atoms. The van der Waals surface area contributed by atoms with Gasteiger partial charge in [0.25, 0.3) is 0 Å². The zero-order chi connectivity index (χ0) is 25.6. The number of amides is 1. The van der Waals surface area contributed by atoms with Crippen molar-refractivity contribution in [3.63, 3.8) is 0 Å². The van der Waals surface area contributed by atoms with Gasteiger partial charge in [-0.1, -0.05) is 57.7 Å². The first-order valence-electron chi connectivity index (χ1n) is 13.0. The van der Waals surface area contributed by atoms with Gasteiger partial charge in [0.1, 0.15) is 0 Å². The van der Waals surface area contributed by atoms with Gasteiger partial charge in [-0.2, -0.15) is 0 Å². The second-order valence-electron chi connectivity index (χ2n) is 10.4. The Balaban J connectivity index is 1.46. The maximum Gasteiger partial charge on any atom is 0.232 e. The van der Waals surface area contributed by atoms with Gasteiger partial charge in [-0.15, -0.1) is 0 Å². The van der Waals surface area contributed by atoms with Crippen LogP contribution >= 0.6 is 0 Å². The van der Waals surface area contributed by atoms with Gasteiger partial charge in [0.15, 0.2) is 5.96 Å². The second-order valence-corrected chi connectivity index (χ2v) is 12.0. The molecule has 3 aliphatic rings. The summed E-state index contributed by atoms with van der Waals surface area (Å²) >= 11 is 0. The van der Waals surface area contributed by atoms with E-state index in [-0.39, 0.29) is 24.0 Å². The van der Waals surface area contributed by atoms with E-state index in [1.165, 1.54) is 11.1 Å². The van der Waals surface area contributed by atoms with Gasteiger partial charge >= 0.3 is 0 Å². The maximum atomic E-state index is 13.4. The summed E-state index contributed by atoms with van der Waals surface area (Å²) in [6.07, 6.45) is 3.52. The van der Waals surface area contributed by atoms with Crippen LogP contribution in [0.3, 0.4) is 0 Å². The summed E-state index contributed by atoms with van der Waals surface area (Å²) in [6, 6.07) is 14.4. The number of fused-ring (bicyclic) bond motifs is 2. The molecule has 4 unspecified atom stereocenters. The van der Waals surface area contributed by atoms with Crippen molar-refractivity contribution in [1.29, 1.82) is 0 Å². The van der Waals surface area contributed by atoms with Gasteiger partial charge in [0, 0.05) is 16.3 Å². The molecule has 0 spiro atoms. The lowest BCUT2D eigenvalue weighted by atomic mass is 9.87. The normalized spacial score (nSPS) is 26.7. The lowest BCUT2D eigenvalue weighted by Gasteiger charge is -2.41. The second kappa shape index (κ2) is 9.51. The van der Waals surface area contributed by atoms with Gasteiger partial charge in [-0.3, -0.25) is 13.9 Å². The molecule has 1 amide bonds. The van der Waals surface area contributed by atoms with E-state index in [9.17, 15) is 9.00 Å². The summed E-state index contributed by atoms with van der Waals surface area (Å²) < 4.78 is 12.9. The highest BCUT2D eigenvalue weighted by Gasteiger charge is 2.42. The SMILES string of the molecule is C=C(NC1c2ccccc2CC1C)c1ccc2c(c1)C(N1C(=O)CC(CC)(CC)N=C1N)CCS2=O. The number of nitrogens with zero attached hydrogens (tertiary/aromatic N) is 2. The highest BCUT2D eigenvalue weighted by Crippen LogP contribution is 2.41. The number of nitrogens with two attached hydrogens (primary N) is 1. The molecule has 4 atom stereocenters. The Labute approximate surface area is 216 Å². The fourth-order valence-electron chi connectivity index (χ4n) is 6.06. The first-order valence-corrected chi connectivity index (χ1v) is 14.3. The minimum Gasteiger partial charge on any atom is -0.378 e. The Hall–Kier alpha value is -2.93. The number of carbonyl (C=O) groups is 1. The highest BCUT2D eigenvalue weighted by atomic mass is 32.2. The molecule has 2 heterocycles. The van der Waals surface area contributed by atoms with Crippen molar-refractivity contribution in [2.24, 2.45) is 16.6 Å². The molecule has 2 aromatic rings. The molecule has 0 saturated carbocycles. The lowest BCUT2D eigenvalue weighted by molar-refractivity contribution is -0.131. The Bertz CT molecular complexity index is 1270. The summed E-state index contributed by atoms with van der Waals surface area (Å²) in [7, 11) is -1.11. The number of hydrogen-bond donors (Lipinski definition) is 2. The van der Waals surface area contributed by atoms with Crippen molar-refractivity contribution >= 4 is 28.4 Å². The van der Waals surface area contributed by atoms with E-state index in [1.54, 1.807) is 4.90 Å². The largest absolute Gasteiger partial charge is 0.378 e. The minimum atomic E-state index is -1.11. The van der Waals surface area contributed by atoms with Crippen molar-refractivity contribution in [2.45, 2.75) is 75.4 Å². The molecule has 2 aliphatic heterocycles. The average Bonchev–Trinajstić information content (AvgIpc) is 3.19. The van der Waals surface area contributed by atoms with Crippen LogP contribution in [0.4, 0.5) is 0 Å². The van der Waals surface area contributed by atoms with Crippen molar-refractivity contribution in [2.75, 3.05) is 5.75 Å². The number of carbonyl (C=O) groups excluding carboxylic acids is 1. The number of hydrogen-bond acceptors (Lipinski definition) is 5. The number of nitrogens with one attached hydrogen (secondary N) is 1. The molecule has 36 heavy (non-hydrogen) atoms. The van der Waals surface area contributed by atoms with Gasteiger partial charge in [0.2, 0.25) is 5.91 Å². The van der Waals surface area contributed by atoms with Crippen LogP contribution in [0.5, 0.6) is 0 Å². The lowest BCUT2D eigenvalue weighted by Crippen LogP contribution is -2.53. The molecule has 6 nitrogen and oxygen atoms in total. The summed E-state index contributed by atoms with van der Waals surface area (Å²) in [5, 5.41) is 3.66. The molecule has 190 valence electrons. The van der Waals surface area contributed by atoms with Crippen LogP contribution in [0.2, 0.25) is 0 Å². The average molecular weight is 505 g/mol. The third-order valence-corrected chi connectivity index (χ3v) is 9.81. The van der Waals surface area contributed by atoms with E-state index >= 15 is 0 Å². The van der Waals surface area contributed by atoms with Gasteiger partial charge < -0.3 is 11.1 Å². The predicted octanol–water partition coefficient (Wildman–Crippen LogP) is 4.84. The molecule has 0 fully saturated rings. The van der Waals surface area contributed by atoms with E-state index in [2.05, 4.69) is 56.9 Å². The summed E-state index contributed by atoms with van der Waals surface area (Å²) in [5.74, 6) is 1.22. The number of benzene rings is 2. The van der Waals surface area contributed by atoms with E-state index in [0.29, 0.717) is 24.5 Å². The van der Waals surface area contributed by atoms with Crippen LogP contribution in [0.25, 0.3) is 5.70 Å². The molecule has 1 aliphatic carbocycles. The van der Waals surface area contributed by atoms with Crippen LogP contribution in [-0.4, -0.2) is 32.3 Å². The van der Waals surface area contributed by atoms with Gasteiger partial charge in [-0.25, -0.2) is 4.99 Å². The van der Waals surface area contributed by atoms with E-state index < -0.39 is 16.3 Å². The quantitative estimate of drug-likeness (QED) is 0.589. The van der Waals surface area contributed by atoms with Crippen LogP contribution in [0.1, 0.15) is 80.8 Å². The Kier molecular flexibility index (Phi) is 6.54. The molecule has 5 rings (SSSR count). The first kappa shape index (κ1) is 24.8. The molecular formula is C29H36N4O2S. The third kappa shape index (κ3) is 4.17. The van der Waals surface area contributed by atoms with Crippen LogP contribution < -0.4 is 11.1 Å². The van der Waals surface area contributed by atoms with Gasteiger partial charge in [0.05, 0.1) is 34.8 Å². The summed E-state index contributed by atoms with van der Waals surface area (Å²) in [4.78, 5) is 20.6. The van der Waals surface area contributed by atoms with Crippen LogP contribution in [0, 0.1) is 5.92 Å². The van der Waals surface area contributed by atoms with Crippen molar-refractivity contribution in [3.05, 3.63) is 71.3 Å². The first-order chi connectivity index (χ1) is 17.3. The van der Waals surface area contributed by atoms with Crippen molar-refractivity contribution in [3.8, 4) is 0 Å². The summed E-state index contributed by atoms with van der Waals surface area (Å²) in [5.41, 5.74) is 11.4. The molecule has 3 N–H and O–H groups in total. The molecule has 0 radical (unpaired) electrons. The zero-order valence-electron chi connectivity index (χ0n) is 21.4. The monoisotopic (exact) mass is 504 g/mol. The number of aliphatic imine (C=N–C) groups is 1. The Morgan fingerprint density at radius 1 is 1.22 bits per heavy atom. The van der Waals surface area contributed by atoms with Crippen LogP contribution in [-0.2, 0) is 22.0 Å². The standard InChI is InChI=1S/C29H36N4O2S/c1-5-29(6-2)17-26(34)33(28(30)32-29)24-13-14-36(35)25-12-11-20(16-23(24)25)19(4)31-27-18(3)15-21-9-7-8-10-22(21)27/h7-12,16,18,24,27,31H,4-6,13-15,17H2,1-3H3,(H2,30,32). The van der Waals surface area contributed by atoms with Crippen molar-refractivity contribution < 1.29 is 9.00 Å². The third-order valence-electron chi connectivity index (χ3n) is 8.35. The minimum absolute atomic E-state index is 0.00595. The Morgan fingerprint density at radius 2 is 1.97 bits per heavy atom. The zero-order valence-corrected chi connectivity index (χ0v) is 22.2. The number of guanidine groups is 1.